The zero-order valence-corrected chi connectivity index (χ0v) is 14.4. The minimum Gasteiger partial charge on any atom is -0.306 e. The van der Waals surface area contributed by atoms with Crippen LogP contribution in [0.4, 0.5) is 4.39 Å². The molecule has 0 spiro atoms. The maximum atomic E-state index is 14.5. The van der Waals surface area contributed by atoms with Gasteiger partial charge in [0.2, 0.25) is 0 Å². The summed E-state index contributed by atoms with van der Waals surface area (Å²) in [5.74, 6) is -0.130. The second-order valence-electron chi connectivity index (χ2n) is 5.76. The summed E-state index contributed by atoms with van der Waals surface area (Å²) < 4.78 is 15.1. The molecule has 0 saturated heterocycles. The van der Waals surface area contributed by atoms with Gasteiger partial charge in [0.25, 0.3) is 0 Å². The van der Waals surface area contributed by atoms with Gasteiger partial charge in [-0.05, 0) is 60.6 Å². The van der Waals surface area contributed by atoms with Crippen LogP contribution in [-0.2, 0) is 0 Å². The highest BCUT2D eigenvalue weighted by atomic mass is 79.9. The zero-order valence-electron chi connectivity index (χ0n) is 12.8. The van der Waals surface area contributed by atoms with Crippen molar-refractivity contribution >= 4 is 15.9 Å². The minimum absolute atomic E-state index is 0.0144. The highest BCUT2D eigenvalue weighted by Crippen LogP contribution is 2.32. The Bertz CT molecular complexity index is 484. The summed E-state index contributed by atoms with van der Waals surface area (Å²) in [4.78, 5) is 0. The molecule has 3 heteroatoms. The fraction of sp³-hybridized carbons (Fsp3) is 0.556. The lowest BCUT2D eigenvalue weighted by Gasteiger charge is -2.24. The molecule has 1 nitrogen and oxygen atoms in total. The summed E-state index contributed by atoms with van der Waals surface area (Å²) in [5.41, 5.74) is 2.13. The van der Waals surface area contributed by atoms with E-state index in [4.69, 9.17) is 0 Å². The van der Waals surface area contributed by atoms with Gasteiger partial charge in [-0.25, -0.2) is 4.39 Å². The third kappa shape index (κ3) is 4.65. The van der Waals surface area contributed by atoms with Gasteiger partial charge in [-0.2, -0.15) is 0 Å². The molecule has 0 aromatic heterocycles. The minimum atomic E-state index is -0.130. The second-order valence-corrected chi connectivity index (χ2v) is 6.62. The Balaban J connectivity index is 2.30. The summed E-state index contributed by atoms with van der Waals surface area (Å²) >= 11 is 3.31. The number of halogens is 2. The SMILES string of the molecule is CCCNC(/C1=C/CCCCCC1)c1cccc(Br)c1F. The van der Waals surface area contributed by atoms with E-state index in [2.05, 4.69) is 34.2 Å². The Morgan fingerprint density at radius 3 is 2.86 bits per heavy atom. The first-order valence-corrected chi connectivity index (χ1v) is 8.89. The molecule has 1 aromatic rings. The van der Waals surface area contributed by atoms with Gasteiger partial charge in [-0.3, -0.25) is 0 Å². The van der Waals surface area contributed by atoms with E-state index in [1.54, 1.807) is 6.07 Å². The Hall–Kier alpha value is -0.670. The van der Waals surface area contributed by atoms with Crippen LogP contribution in [0, 0.1) is 5.82 Å². The van der Waals surface area contributed by atoms with Crippen LogP contribution in [0.25, 0.3) is 0 Å². The van der Waals surface area contributed by atoms with Gasteiger partial charge >= 0.3 is 0 Å². The molecule has 0 bridgehead atoms. The number of benzene rings is 1. The lowest BCUT2D eigenvalue weighted by Crippen LogP contribution is -2.25. The van der Waals surface area contributed by atoms with Crippen LogP contribution < -0.4 is 5.32 Å². The number of allylic oxidation sites excluding steroid dienone is 1. The summed E-state index contributed by atoms with van der Waals surface area (Å²) in [6, 6.07) is 5.61. The molecule has 1 aliphatic rings. The number of hydrogen-bond donors (Lipinski definition) is 1. The highest BCUT2D eigenvalue weighted by Gasteiger charge is 2.20. The van der Waals surface area contributed by atoms with Crippen molar-refractivity contribution in [2.45, 2.75) is 57.9 Å². The van der Waals surface area contributed by atoms with Gasteiger partial charge in [-0.15, -0.1) is 0 Å². The monoisotopic (exact) mass is 353 g/mol. The maximum absolute atomic E-state index is 14.5. The third-order valence-corrected chi connectivity index (χ3v) is 4.70. The smallest absolute Gasteiger partial charge is 0.142 e. The topological polar surface area (TPSA) is 12.0 Å². The fourth-order valence-electron chi connectivity index (χ4n) is 2.95. The largest absolute Gasteiger partial charge is 0.306 e. The van der Waals surface area contributed by atoms with Crippen molar-refractivity contribution in [3.8, 4) is 0 Å². The molecule has 1 N–H and O–H groups in total. The van der Waals surface area contributed by atoms with Crippen LogP contribution in [0.15, 0.2) is 34.3 Å². The van der Waals surface area contributed by atoms with E-state index in [1.807, 2.05) is 12.1 Å². The van der Waals surface area contributed by atoms with Gasteiger partial charge in [0.1, 0.15) is 5.82 Å². The first-order chi connectivity index (χ1) is 10.2. The van der Waals surface area contributed by atoms with Crippen molar-refractivity contribution in [1.29, 1.82) is 0 Å². The van der Waals surface area contributed by atoms with Gasteiger partial charge in [0.15, 0.2) is 0 Å². The Labute approximate surface area is 136 Å². The normalized spacial score (nSPS) is 20.2. The predicted octanol–water partition coefficient (Wildman–Crippen LogP) is 5.91. The van der Waals surface area contributed by atoms with Crippen molar-refractivity contribution in [2.24, 2.45) is 0 Å². The van der Waals surface area contributed by atoms with Crippen LogP contribution in [-0.4, -0.2) is 6.54 Å². The van der Waals surface area contributed by atoms with Crippen molar-refractivity contribution in [3.63, 3.8) is 0 Å². The van der Waals surface area contributed by atoms with Crippen molar-refractivity contribution < 1.29 is 4.39 Å². The second kappa shape index (κ2) is 8.70. The van der Waals surface area contributed by atoms with Gasteiger partial charge in [-0.1, -0.05) is 43.5 Å². The quantitative estimate of drug-likeness (QED) is 0.648. The molecule has 0 radical (unpaired) electrons. The van der Waals surface area contributed by atoms with E-state index in [0.29, 0.717) is 4.47 Å². The van der Waals surface area contributed by atoms with Crippen molar-refractivity contribution in [1.82, 2.24) is 5.32 Å². The van der Waals surface area contributed by atoms with E-state index < -0.39 is 0 Å². The Morgan fingerprint density at radius 2 is 2.05 bits per heavy atom. The average Bonchev–Trinajstić information content (AvgIpc) is 2.44. The maximum Gasteiger partial charge on any atom is 0.142 e. The molecule has 0 saturated carbocycles. The summed E-state index contributed by atoms with van der Waals surface area (Å²) in [6.45, 7) is 3.06. The molecule has 0 fully saturated rings. The number of nitrogens with one attached hydrogen (secondary N) is 1. The molecule has 2 rings (SSSR count). The van der Waals surface area contributed by atoms with Crippen LogP contribution in [0.2, 0.25) is 0 Å². The fourth-order valence-corrected chi connectivity index (χ4v) is 3.33. The van der Waals surface area contributed by atoms with E-state index >= 15 is 0 Å². The number of rotatable bonds is 5. The Kier molecular flexibility index (Phi) is 6.91. The molecule has 1 aliphatic carbocycles. The molecule has 1 aromatic carbocycles. The first-order valence-electron chi connectivity index (χ1n) is 8.10. The van der Waals surface area contributed by atoms with Crippen LogP contribution in [0.1, 0.15) is 63.5 Å². The average molecular weight is 354 g/mol. The highest BCUT2D eigenvalue weighted by molar-refractivity contribution is 9.10. The standard InChI is InChI=1S/C18H25BrFN/c1-2-13-21-18(14-9-6-4-3-5-7-10-14)15-11-8-12-16(19)17(15)20/h8-9,11-12,18,21H,2-7,10,13H2,1H3/b14-9+. The van der Waals surface area contributed by atoms with E-state index in [-0.39, 0.29) is 11.9 Å². The summed E-state index contributed by atoms with van der Waals surface area (Å²) in [7, 11) is 0. The summed E-state index contributed by atoms with van der Waals surface area (Å²) in [5, 5.41) is 3.54. The molecule has 1 atom stereocenters. The molecule has 0 heterocycles. The van der Waals surface area contributed by atoms with E-state index in [1.165, 1.54) is 31.3 Å². The molecule has 1 unspecified atom stereocenters. The molecule has 0 amide bonds. The van der Waals surface area contributed by atoms with Crippen molar-refractivity contribution in [3.05, 3.63) is 45.7 Å². The van der Waals surface area contributed by atoms with Gasteiger partial charge in [0, 0.05) is 5.56 Å². The predicted molar refractivity (Wildman–Crippen MR) is 90.9 cm³/mol. The lowest BCUT2D eigenvalue weighted by atomic mass is 9.90. The number of hydrogen-bond acceptors (Lipinski definition) is 1. The zero-order chi connectivity index (χ0) is 15.1. The van der Waals surface area contributed by atoms with E-state index in [0.717, 1.165) is 31.4 Å². The molecule has 116 valence electrons. The Morgan fingerprint density at radius 1 is 1.24 bits per heavy atom. The third-order valence-electron chi connectivity index (χ3n) is 4.09. The lowest BCUT2D eigenvalue weighted by molar-refractivity contribution is 0.512. The molecular formula is C18H25BrFN. The van der Waals surface area contributed by atoms with E-state index in [9.17, 15) is 4.39 Å². The molecule has 0 aliphatic heterocycles. The molecule has 21 heavy (non-hydrogen) atoms. The van der Waals surface area contributed by atoms with Gasteiger partial charge in [0.05, 0.1) is 10.5 Å². The first kappa shape index (κ1) is 16.7. The van der Waals surface area contributed by atoms with Crippen LogP contribution in [0.5, 0.6) is 0 Å². The van der Waals surface area contributed by atoms with Crippen molar-refractivity contribution in [2.75, 3.05) is 6.54 Å². The van der Waals surface area contributed by atoms with Crippen LogP contribution in [0.3, 0.4) is 0 Å². The summed E-state index contributed by atoms with van der Waals surface area (Å²) in [6.07, 6.45) is 10.7. The molecular weight excluding hydrogens is 329 g/mol. The van der Waals surface area contributed by atoms with Crippen LogP contribution >= 0.6 is 15.9 Å². The van der Waals surface area contributed by atoms with Gasteiger partial charge < -0.3 is 5.32 Å².